The molecule has 128 valence electrons. The van der Waals surface area contributed by atoms with Crippen LogP contribution in [0.3, 0.4) is 0 Å². The number of aryl methyl sites for hydroxylation is 2. The molecule has 1 aliphatic heterocycles. The van der Waals surface area contributed by atoms with Gasteiger partial charge in [-0.05, 0) is 26.0 Å². The van der Waals surface area contributed by atoms with Crippen LogP contribution in [0, 0.1) is 13.8 Å². The number of carbonyl (C=O) groups is 1. The van der Waals surface area contributed by atoms with Gasteiger partial charge in [0.15, 0.2) is 0 Å². The number of rotatable bonds is 3. The normalized spacial score (nSPS) is 16.3. The second-order valence-corrected chi connectivity index (χ2v) is 7.86. The molecule has 0 bridgehead atoms. The number of nitrogens with one attached hydrogen (secondary N) is 1. The van der Waals surface area contributed by atoms with Crippen LogP contribution < -0.4 is 0 Å². The van der Waals surface area contributed by atoms with Crippen molar-refractivity contribution in [1.29, 1.82) is 0 Å². The van der Waals surface area contributed by atoms with E-state index in [9.17, 15) is 13.2 Å². The van der Waals surface area contributed by atoms with Crippen molar-refractivity contribution in [3.05, 3.63) is 47.3 Å². The molecule has 2 aromatic rings. The number of hydrogen-bond donors (Lipinski definition) is 1. The minimum Gasteiger partial charge on any atom is -0.336 e. The molecule has 1 saturated heterocycles. The maximum Gasteiger partial charge on any atom is 0.257 e. The number of H-pyrrole nitrogens is 1. The van der Waals surface area contributed by atoms with Crippen LogP contribution in [0.2, 0.25) is 0 Å². The Hall–Kier alpha value is -2.19. The van der Waals surface area contributed by atoms with Gasteiger partial charge in [-0.1, -0.05) is 17.7 Å². The van der Waals surface area contributed by atoms with Gasteiger partial charge in [-0.15, -0.1) is 0 Å². The van der Waals surface area contributed by atoms with Crippen LogP contribution in [-0.4, -0.2) is 59.9 Å². The van der Waals surface area contributed by atoms with Crippen molar-refractivity contribution in [1.82, 2.24) is 19.4 Å². The second-order valence-electron chi connectivity index (χ2n) is 5.92. The van der Waals surface area contributed by atoms with E-state index in [0.29, 0.717) is 36.6 Å². The maximum atomic E-state index is 12.7. The Labute approximate surface area is 141 Å². The number of hydrogen-bond acceptors (Lipinski definition) is 4. The number of aromatic amines is 1. The molecule has 7 nitrogen and oxygen atoms in total. The molecule has 1 aliphatic rings. The second kappa shape index (κ2) is 6.37. The van der Waals surface area contributed by atoms with Crippen LogP contribution in [0.5, 0.6) is 0 Å². The van der Waals surface area contributed by atoms with Crippen molar-refractivity contribution in [2.24, 2.45) is 0 Å². The summed E-state index contributed by atoms with van der Waals surface area (Å²) in [5, 5.41) is 6.60. The number of sulfonamides is 1. The molecular formula is C16H20N4O3S. The first-order valence-electron chi connectivity index (χ1n) is 7.75. The van der Waals surface area contributed by atoms with E-state index in [1.807, 2.05) is 6.92 Å². The summed E-state index contributed by atoms with van der Waals surface area (Å²) >= 11 is 0. The molecule has 0 radical (unpaired) electrons. The SMILES string of the molecule is Cc1ccc(S(=O)(=O)N2CCN(C(=O)c3cn[nH]c3C)CC2)cc1. The number of benzene rings is 1. The zero-order valence-corrected chi connectivity index (χ0v) is 14.5. The Bertz CT molecular complexity index is 834. The third-order valence-corrected chi connectivity index (χ3v) is 6.16. The lowest BCUT2D eigenvalue weighted by Crippen LogP contribution is -2.50. The van der Waals surface area contributed by atoms with Gasteiger partial charge >= 0.3 is 0 Å². The van der Waals surface area contributed by atoms with Gasteiger partial charge in [-0.3, -0.25) is 9.89 Å². The van der Waals surface area contributed by atoms with Crippen molar-refractivity contribution < 1.29 is 13.2 Å². The first-order chi connectivity index (χ1) is 11.4. The highest BCUT2D eigenvalue weighted by Gasteiger charge is 2.30. The highest BCUT2D eigenvalue weighted by Crippen LogP contribution is 2.19. The first-order valence-corrected chi connectivity index (χ1v) is 9.19. The molecular weight excluding hydrogens is 328 g/mol. The Morgan fingerprint density at radius 3 is 2.25 bits per heavy atom. The van der Waals surface area contributed by atoms with Crippen LogP contribution in [-0.2, 0) is 10.0 Å². The van der Waals surface area contributed by atoms with Crippen LogP contribution in [0.1, 0.15) is 21.6 Å². The number of nitrogens with zero attached hydrogens (tertiary/aromatic N) is 3. The first kappa shape index (κ1) is 16.7. The molecule has 1 N–H and O–H groups in total. The van der Waals surface area contributed by atoms with Crippen molar-refractivity contribution in [2.75, 3.05) is 26.2 Å². The van der Waals surface area contributed by atoms with Crippen molar-refractivity contribution >= 4 is 15.9 Å². The molecule has 1 aromatic heterocycles. The highest BCUT2D eigenvalue weighted by molar-refractivity contribution is 7.89. The average molecular weight is 348 g/mol. The monoisotopic (exact) mass is 348 g/mol. The number of carbonyl (C=O) groups excluding carboxylic acids is 1. The van der Waals surface area contributed by atoms with Gasteiger partial charge in [0.2, 0.25) is 10.0 Å². The fourth-order valence-electron chi connectivity index (χ4n) is 2.73. The predicted octanol–water partition coefficient (Wildman–Crippen LogP) is 1.17. The van der Waals surface area contributed by atoms with Gasteiger partial charge in [0, 0.05) is 31.9 Å². The lowest BCUT2D eigenvalue weighted by Gasteiger charge is -2.34. The smallest absolute Gasteiger partial charge is 0.257 e. The Morgan fingerprint density at radius 2 is 1.71 bits per heavy atom. The number of piperazine rings is 1. The summed E-state index contributed by atoms with van der Waals surface area (Å²) in [6.45, 7) is 5.03. The molecule has 0 spiro atoms. The standard InChI is InChI=1S/C16H20N4O3S/c1-12-3-5-14(6-4-12)24(22,23)20-9-7-19(8-10-20)16(21)15-11-17-18-13(15)2/h3-6,11H,7-10H2,1-2H3,(H,17,18). The minimum absolute atomic E-state index is 0.117. The molecule has 0 unspecified atom stereocenters. The van der Waals surface area contributed by atoms with E-state index in [2.05, 4.69) is 10.2 Å². The van der Waals surface area contributed by atoms with E-state index >= 15 is 0 Å². The van der Waals surface area contributed by atoms with Crippen molar-refractivity contribution in [3.8, 4) is 0 Å². The molecule has 1 amide bonds. The zero-order valence-electron chi connectivity index (χ0n) is 13.7. The molecule has 3 rings (SSSR count). The topological polar surface area (TPSA) is 86.4 Å². The van der Waals surface area contributed by atoms with Gasteiger partial charge in [0.25, 0.3) is 5.91 Å². The summed E-state index contributed by atoms with van der Waals surface area (Å²) in [6, 6.07) is 6.82. The molecule has 0 saturated carbocycles. The zero-order chi connectivity index (χ0) is 17.3. The van der Waals surface area contributed by atoms with Crippen molar-refractivity contribution in [2.45, 2.75) is 18.7 Å². The molecule has 0 aliphatic carbocycles. The number of aromatic nitrogens is 2. The summed E-state index contributed by atoms with van der Waals surface area (Å²) < 4.78 is 26.8. The third-order valence-electron chi connectivity index (χ3n) is 4.24. The van der Waals surface area contributed by atoms with Gasteiger partial charge in [-0.25, -0.2) is 8.42 Å². The van der Waals surface area contributed by atoms with Crippen LogP contribution in [0.15, 0.2) is 35.4 Å². The van der Waals surface area contributed by atoms with Crippen LogP contribution in [0.25, 0.3) is 0 Å². The van der Waals surface area contributed by atoms with Crippen molar-refractivity contribution in [3.63, 3.8) is 0 Å². The molecule has 1 aromatic carbocycles. The average Bonchev–Trinajstić information content (AvgIpc) is 3.01. The Morgan fingerprint density at radius 1 is 1.08 bits per heavy atom. The summed E-state index contributed by atoms with van der Waals surface area (Å²) in [7, 11) is -3.51. The van der Waals surface area contributed by atoms with E-state index in [1.54, 1.807) is 36.1 Å². The lowest BCUT2D eigenvalue weighted by atomic mass is 10.2. The van der Waals surface area contributed by atoms with E-state index in [-0.39, 0.29) is 5.91 Å². The van der Waals surface area contributed by atoms with E-state index < -0.39 is 10.0 Å². The van der Waals surface area contributed by atoms with Gasteiger partial charge in [0.1, 0.15) is 0 Å². The number of amides is 1. The lowest BCUT2D eigenvalue weighted by molar-refractivity contribution is 0.0697. The highest BCUT2D eigenvalue weighted by atomic mass is 32.2. The third kappa shape index (κ3) is 3.07. The summed E-state index contributed by atoms with van der Waals surface area (Å²) in [5.74, 6) is -0.117. The van der Waals surface area contributed by atoms with Gasteiger partial charge in [-0.2, -0.15) is 9.40 Å². The molecule has 0 atom stereocenters. The van der Waals surface area contributed by atoms with Gasteiger partial charge < -0.3 is 4.90 Å². The van der Waals surface area contributed by atoms with E-state index in [0.717, 1.165) is 11.3 Å². The maximum absolute atomic E-state index is 12.7. The van der Waals surface area contributed by atoms with Crippen LogP contribution >= 0.6 is 0 Å². The minimum atomic E-state index is -3.51. The molecule has 2 heterocycles. The Balaban J connectivity index is 1.69. The predicted molar refractivity (Wildman–Crippen MR) is 89.2 cm³/mol. The Kier molecular flexibility index (Phi) is 4.42. The van der Waals surface area contributed by atoms with Crippen LogP contribution in [0.4, 0.5) is 0 Å². The molecule has 8 heteroatoms. The molecule has 1 fully saturated rings. The van der Waals surface area contributed by atoms with Gasteiger partial charge in [0.05, 0.1) is 16.7 Å². The largest absolute Gasteiger partial charge is 0.336 e. The summed E-state index contributed by atoms with van der Waals surface area (Å²) in [6.07, 6.45) is 1.51. The quantitative estimate of drug-likeness (QED) is 0.902. The van der Waals surface area contributed by atoms with E-state index in [4.69, 9.17) is 0 Å². The summed E-state index contributed by atoms with van der Waals surface area (Å²) in [4.78, 5) is 14.4. The van der Waals surface area contributed by atoms with E-state index in [1.165, 1.54) is 10.5 Å². The fourth-order valence-corrected chi connectivity index (χ4v) is 4.15. The summed E-state index contributed by atoms with van der Waals surface area (Å²) in [5.41, 5.74) is 2.26. The molecule has 24 heavy (non-hydrogen) atoms. The fraction of sp³-hybridized carbons (Fsp3) is 0.375.